The van der Waals surface area contributed by atoms with Crippen molar-refractivity contribution in [3.8, 4) is 0 Å². The van der Waals surface area contributed by atoms with E-state index in [2.05, 4.69) is 20.9 Å². The van der Waals surface area contributed by atoms with E-state index in [9.17, 15) is 14.6 Å². The number of alkyl halides is 1. The van der Waals surface area contributed by atoms with Crippen molar-refractivity contribution >= 4 is 21.6 Å². The fourth-order valence-electron chi connectivity index (χ4n) is 1.16. The molecule has 1 aromatic rings. The highest BCUT2D eigenvalue weighted by Crippen LogP contribution is 2.23. The van der Waals surface area contributed by atoms with Crippen LogP contribution < -0.4 is 5.73 Å². The zero-order valence-corrected chi connectivity index (χ0v) is 9.48. The first kappa shape index (κ1) is 12.4. The molecule has 0 saturated carbocycles. The fourth-order valence-corrected chi connectivity index (χ4v) is 1.63. The SMILES string of the molecule is Nc1cc(F)cnc1C(O)C(O)CCBr. The van der Waals surface area contributed by atoms with Crippen LogP contribution in [0.2, 0.25) is 0 Å². The number of halogens is 2. The van der Waals surface area contributed by atoms with Gasteiger partial charge in [-0.25, -0.2) is 4.39 Å². The average Bonchev–Trinajstić information content (AvgIpc) is 2.17. The Labute approximate surface area is 95.1 Å². The van der Waals surface area contributed by atoms with Crippen molar-refractivity contribution in [2.75, 3.05) is 11.1 Å². The maximum absolute atomic E-state index is 12.7. The largest absolute Gasteiger partial charge is 0.397 e. The second-order valence-electron chi connectivity index (χ2n) is 3.12. The summed E-state index contributed by atoms with van der Waals surface area (Å²) in [5.41, 5.74) is 5.61. The normalized spacial score (nSPS) is 14.9. The quantitative estimate of drug-likeness (QED) is 0.718. The van der Waals surface area contributed by atoms with E-state index < -0.39 is 18.0 Å². The Balaban J connectivity index is 2.86. The Morgan fingerprint density at radius 3 is 2.73 bits per heavy atom. The zero-order valence-electron chi connectivity index (χ0n) is 7.90. The van der Waals surface area contributed by atoms with Crippen molar-refractivity contribution in [1.29, 1.82) is 0 Å². The standard InChI is InChI=1S/C9H12BrFN2O2/c10-2-1-7(14)9(15)8-6(12)3-5(11)4-13-8/h3-4,7,9,14-15H,1-2,12H2. The smallest absolute Gasteiger partial charge is 0.143 e. The lowest BCUT2D eigenvalue weighted by Crippen LogP contribution is -2.21. The summed E-state index contributed by atoms with van der Waals surface area (Å²) in [5.74, 6) is -0.571. The van der Waals surface area contributed by atoms with E-state index in [1.807, 2.05) is 0 Å². The summed E-state index contributed by atoms with van der Waals surface area (Å²) in [6, 6.07) is 1.06. The number of pyridine rings is 1. The fraction of sp³-hybridized carbons (Fsp3) is 0.444. The van der Waals surface area contributed by atoms with Crippen LogP contribution in [0.3, 0.4) is 0 Å². The number of anilines is 1. The van der Waals surface area contributed by atoms with Crippen LogP contribution in [-0.4, -0.2) is 26.6 Å². The number of nitrogens with zero attached hydrogens (tertiary/aromatic N) is 1. The van der Waals surface area contributed by atoms with Gasteiger partial charge in [-0.05, 0) is 6.42 Å². The predicted molar refractivity (Wildman–Crippen MR) is 58.0 cm³/mol. The molecule has 84 valence electrons. The number of rotatable bonds is 4. The van der Waals surface area contributed by atoms with Crippen molar-refractivity contribution in [2.45, 2.75) is 18.6 Å². The van der Waals surface area contributed by atoms with Gasteiger partial charge in [-0.15, -0.1) is 0 Å². The molecule has 2 atom stereocenters. The minimum absolute atomic E-state index is 0.0381. The maximum atomic E-state index is 12.7. The second kappa shape index (κ2) is 5.39. The third-order valence-corrected chi connectivity index (χ3v) is 2.42. The third-order valence-electron chi connectivity index (χ3n) is 1.97. The lowest BCUT2D eigenvalue weighted by Gasteiger charge is -2.17. The van der Waals surface area contributed by atoms with Crippen molar-refractivity contribution in [3.05, 3.63) is 23.8 Å². The summed E-state index contributed by atoms with van der Waals surface area (Å²) in [7, 11) is 0. The van der Waals surface area contributed by atoms with E-state index in [0.29, 0.717) is 11.8 Å². The molecule has 0 saturated heterocycles. The zero-order chi connectivity index (χ0) is 11.4. The van der Waals surface area contributed by atoms with E-state index in [1.165, 1.54) is 0 Å². The molecule has 0 aliphatic heterocycles. The summed E-state index contributed by atoms with van der Waals surface area (Å²) < 4.78 is 12.7. The predicted octanol–water partition coefficient (Wildman–Crippen LogP) is 0.982. The van der Waals surface area contributed by atoms with E-state index in [0.717, 1.165) is 12.3 Å². The number of hydrogen-bond acceptors (Lipinski definition) is 4. The molecule has 4 nitrogen and oxygen atoms in total. The Bertz CT molecular complexity index is 338. The van der Waals surface area contributed by atoms with Gasteiger partial charge in [-0.1, -0.05) is 15.9 Å². The van der Waals surface area contributed by atoms with Gasteiger partial charge in [-0.3, -0.25) is 4.98 Å². The van der Waals surface area contributed by atoms with Gasteiger partial charge in [0.1, 0.15) is 11.9 Å². The molecule has 1 heterocycles. The summed E-state index contributed by atoms with van der Waals surface area (Å²) in [6.45, 7) is 0. The van der Waals surface area contributed by atoms with Gasteiger partial charge in [0.15, 0.2) is 0 Å². The molecule has 0 radical (unpaired) electrons. The van der Waals surface area contributed by atoms with Gasteiger partial charge in [0, 0.05) is 11.4 Å². The van der Waals surface area contributed by atoms with Crippen LogP contribution in [0.25, 0.3) is 0 Å². The number of aliphatic hydroxyl groups is 2. The highest BCUT2D eigenvalue weighted by Gasteiger charge is 2.21. The third kappa shape index (κ3) is 3.12. The molecule has 0 aliphatic rings. The van der Waals surface area contributed by atoms with Gasteiger partial charge in [-0.2, -0.15) is 0 Å². The monoisotopic (exact) mass is 278 g/mol. The highest BCUT2D eigenvalue weighted by molar-refractivity contribution is 9.09. The van der Waals surface area contributed by atoms with Crippen LogP contribution in [0.4, 0.5) is 10.1 Å². The van der Waals surface area contributed by atoms with Crippen molar-refractivity contribution in [3.63, 3.8) is 0 Å². The van der Waals surface area contributed by atoms with Crippen LogP contribution in [0, 0.1) is 5.82 Å². The molecule has 4 N–H and O–H groups in total. The lowest BCUT2D eigenvalue weighted by atomic mass is 10.1. The molecule has 0 aromatic carbocycles. The van der Waals surface area contributed by atoms with Crippen LogP contribution in [0.1, 0.15) is 18.2 Å². The number of nitrogens with two attached hydrogens (primary N) is 1. The topological polar surface area (TPSA) is 79.4 Å². The number of aliphatic hydroxyl groups excluding tert-OH is 2. The van der Waals surface area contributed by atoms with Gasteiger partial charge < -0.3 is 15.9 Å². The Morgan fingerprint density at radius 2 is 2.20 bits per heavy atom. The van der Waals surface area contributed by atoms with Gasteiger partial charge in [0.25, 0.3) is 0 Å². The molecule has 6 heteroatoms. The van der Waals surface area contributed by atoms with Gasteiger partial charge in [0.05, 0.1) is 23.7 Å². The van der Waals surface area contributed by atoms with Crippen LogP contribution in [0.5, 0.6) is 0 Å². The van der Waals surface area contributed by atoms with Crippen LogP contribution >= 0.6 is 15.9 Å². The molecule has 0 aliphatic carbocycles. The number of hydrogen-bond donors (Lipinski definition) is 3. The van der Waals surface area contributed by atoms with Gasteiger partial charge >= 0.3 is 0 Å². The van der Waals surface area contributed by atoms with Crippen LogP contribution in [-0.2, 0) is 0 Å². The molecule has 0 amide bonds. The first-order chi connectivity index (χ1) is 7.06. The van der Waals surface area contributed by atoms with Crippen molar-refractivity contribution in [2.24, 2.45) is 0 Å². The lowest BCUT2D eigenvalue weighted by molar-refractivity contribution is 0.0152. The summed E-state index contributed by atoms with van der Waals surface area (Å²) in [5, 5.41) is 19.7. The van der Waals surface area contributed by atoms with Crippen molar-refractivity contribution in [1.82, 2.24) is 4.98 Å². The minimum Gasteiger partial charge on any atom is -0.397 e. The number of nitrogen functional groups attached to an aromatic ring is 1. The summed E-state index contributed by atoms with van der Waals surface area (Å²) in [6.07, 6.45) is -0.845. The summed E-state index contributed by atoms with van der Waals surface area (Å²) in [4.78, 5) is 3.66. The molecule has 0 bridgehead atoms. The Morgan fingerprint density at radius 1 is 1.53 bits per heavy atom. The van der Waals surface area contributed by atoms with E-state index in [-0.39, 0.29) is 11.4 Å². The first-order valence-corrected chi connectivity index (χ1v) is 5.51. The van der Waals surface area contributed by atoms with Crippen LogP contribution in [0.15, 0.2) is 12.3 Å². The van der Waals surface area contributed by atoms with Crippen molar-refractivity contribution < 1.29 is 14.6 Å². The summed E-state index contributed by atoms with van der Waals surface area (Å²) >= 11 is 3.14. The molecule has 1 rings (SSSR count). The molecule has 15 heavy (non-hydrogen) atoms. The molecule has 0 fully saturated rings. The Kier molecular flexibility index (Phi) is 4.44. The molecular weight excluding hydrogens is 267 g/mol. The van der Waals surface area contributed by atoms with E-state index in [4.69, 9.17) is 5.73 Å². The first-order valence-electron chi connectivity index (χ1n) is 4.39. The average molecular weight is 279 g/mol. The van der Waals surface area contributed by atoms with E-state index >= 15 is 0 Å². The molecular formula is C9H12BrFN2O2. The molecule has 0 spiro atoms. The van der Waals surface area contributed by atoms with Gasteiger partial charge in [0.2, 0.25) is 0 Å². The molecule has 1 aromatic heterocycles. The highest BCUT2D eigenvalue weighted by atomic mass is 79.9. The van der Waals surface area contributed by atoms with E-state index in [1.54, 1.807) is 0 Å². The minimum atomic E-state index is -1.19. The Hall–Kier alpha value is -0.720. The maximum Gasteiger partial charge on any atom is 0.143 e. The number of aromatic nitrogens is 1. The second-order valence-corrected chi connectivity index (χ2v) is 3.91. The molecule has 2 unspecified atom stereocenters.